The molecule has 0 saturated heterocycles. The molecule has 0 aromatic heterocycles. The van der Waals surface area contributed by atoms with Crippen LogP contribution in [0.2, 0.25) is 0 Å². The van der Waals surface area contributed by atoms with Crippen molar-refractivity contribution in [2.24, 2.45) is 0 Å². The van der Waals surface area contributed by atoms with E-state index in [0.717, 1.165) is 6.07 Å². The smallest absolute Gasteiger partial charge is 0.335 e. The van der Waals surface area contributed by atoms with E-state index in [1.807, 2.05) is 0 Å². The van der Waals surface area contributed by atoms with Crippen LogP contribution in [0.3, 0.4) is 0 Å². The highest BCUT2D eigenvalue weighted by atomic mass is 32.2. The molecule has 0 amide bonds. The van der Waals surface area contributed by atoms with Gasteiger partial charge >= 0.3 is 5.97 Å². The first kappa shape index (κ1) is 21.7. The molecular formula is C17H21N3O6S2. The Kier molecular flexibility index (Phi) is 6.02. The lowest BCUT2D eigenvalue weighted by Crippen LogP contribution is -2.20. The molecule has 0 bridgehead atoms. The number of aromatic carboxylic acids is 1. The number of aryl methyl sites for hydroxylation is 1. The lowest BCUT2D eigenvalue weighted by Gasteiger charge is -2.16. The Morgan fingerprint density at radius 3 is 2.11 bits per heavy atom. The zero-order valence-corrected chi connectivity index (χ0v) is 17.3. The molecule has 0 fully saturated rings. The van der Waals surface area contributed by atoms with Gasteiger partial charge in [0, 0.05) is 7.05 Å². The fourth-order valence-corrected chi connectivity index (χ4v) is 4.71. The predicted molar refractivity (Wildman–Crippen MR) is 106 cm³/mol. The zero-order valence-electron chi connectivity index (χ0n) is 15.7. The number of anilines is 2. The van der Waals surface area contributed by atoms with Crippen LogP contribution >= 0.6 is 0 Å². The first-order valence-electron chi connectivity index (χ1n) is 8.05. The van der Waals surface area contributed by atoms with E-state index in [9.17, 15) is 26.7 Å². The minimum atomic E-state index is -4.19. The van der Waals surface area contributed by atoms with Gasteiger partial charge in [-0.15, -0.1) is 0 Å². The third-order valence-corrected chi connectivity index (χ3v) is 7.14. The lowest BCUT2D eigenvalue weighted by molar-refractivity contribution is 0.0696. The Balaban J connectivity index is 2.62. The summed E-state index contributed by atoms with van der Waals surface area (Å²) < 4.78 is 54.5. The number of carbonyl (C=O) groups is 1. The molecule has 0 radical (unpaired) electrons. The van der Waals surface area contributed by atoms with Gasteiger partial charge in [0.1, 0.15) is 0 Å². The van der Waals surface area contributed by atoms with Gasteiger partial charge < -0.3 is 10.4 Å². The summed E-state index contributed by atoms with van der Waals surface area (Å²) in [6, 6.07) is 6.39. The van der Waals surface area contributed by atoms with E-state index in [0.29, 0.717) is 16.8 Å². The summed E-state index contributed by atoms with van der Waals surface area (Å²) >= 11 is 0. The van der Waals surface area contributed by atoms with E-state index in [-0.39, 0.29) is 21.0 Å². The minimum Gasteiger partial charge on any atom is -0.478 e. The summed E-state index contributed by atoms with van der Waals surface area (Å²) in [5, 5.41) is 12.0. The van der Waals surface area contributed by atoms with Crippen molar-refractivity contribution in [2.45, 2.75) is 23.6 Å². The van der Waals surface area contributed by atoms with Crippen molar-refractivity contribution in [3.8, 4) is 0 Å². The summed E-state index contributed by atoms with van der Waals surface area (Å²) in [5.74, 6) is -1.25. The van der Waals surface area contributed by atoms with E-state index < -0.39 is 26.0 Å². The highest BCUT2D eigenvalue weighted by Crippen LogP contribution is 2.29. The average Bonchev–Trinajstić information content (AvgIpc) is 2.63. The maximum absolute atomic E-state index is 13.0. The Labute approximate surface area is 163 Å². The van der Waals surface area contributed by atoms with Gasteiger partial charge in [-0.1, -0.05) is 0 Å². The van der Waals surface area contributed by atoms with Gasteiger partial charge in [-0.05, 0) is 62.4 Å². The molecule has 0 aliphatic heterocycles. The SMILES string of the molecule is CNc1ccc(S(=O)(=O)NC)cc1NS(=O)(=O)c1cc(C(=O)O)cc(C)c1C. The second-order valence-corrected chi connectivity index (χ2v) is 9.53. The number of sulfonamides is 2. The Morgan fingerprint density at radius 1 is 0.929 bits per heavy atom. The molecule has 0 atom stereocenters. The fourth-order valence-electron chi connectivity index (χ4n) is 2.54. The molecular weight excluding hydrogens is 406 g/mol. The number of hydrogen-bond acceptors (Lipinski definition) is 6. The van der Waals surface area contributed by atoms with E-state index in [2.05, 4.69) is 14.8 Å². The maximum Gasteiger partial charge on any atom is 0.335 e. The van der Waals surface area contributed by atoms with Crippen LogP contribution in [0, 0.1) is 13.8 Å². The lowest BCUT2D eigenvalue weighted by atomic mass is 10.1. The number of benzene rings is 2. The summed E-state index contributed by atoms with van der Waals surface area (Å²) in [6.45, 7) is 3.18. The molecule has 2 aromatic rings. The van der Waals surface area contributed by atoms with Gasteiger partial charge in [0.15, 0.2) is 0 Å². The molecule has 11 heteroatoms. The minimum absolute atomic E-state index is 0.0107. The molecule has 0 saturated carbocycles. The van der Waals surface area contributed by atoms with Crippen molar-refractivity contribution >= 4 is 37.4 Å². The quantitative estimate of drug-likeness (QED) is 0.527. The van der Waals surface area contributed by atoms with Gasteiger partial charge in [-0.2, -0.15) is 0 Å². The standard InChI is InChI=1S/C17H21N3O6S2/c1-10-7-12(17(21)22)8-16(11(10)2)28(25,26)20-15-9-13(27(23,24)19-4)5-6-14(15)18-3/h5-9,18-20H,1-4H3,(H,21,22). The summed E-state index contributed by atoms with van der Waals surface area (Å²) in [7, 11) is -5.18. The monoisotopic (exact) mass is 427 g/mol. The van der Waals surface area contributed by atoms with Crippen molar-refractivity contribution in [3.63, 3.8) is 0 Å². The van der Waals surface area contributed by atoms with Crippen LogP contribution in [0.25, 0.3) is 0 Å². The van der Waals surface area contributed by atoms with Crippen LogP contribution in [-0.2, 0) is 20.0 Å². The predicted octanol–water partition coefficient (Wildman–Crippen LogP) is 1.75. The van der Waals surface area contributed by atoms with Crippen molar-refractivity contribution in [3.05, 3.63) is 47.0 Å². The molecule has 2 rings (SSSR count). The third kappa shape index (κ3) is 4.26. The van der Waals surface area contributed by atoms with Gasteiger partial charge in [0.05, 0.1) is 26.7 Å². The number of carboxylic acid groups (broad SMARTS) is 1. The highest BCUT2D eigenvalue weighted by molar-refractivity contribution is 7.92. The number of carboxylic acids is 1. The van der Waals surface area contributed by atoms with Gasteiger partial charge in [0.25, 0.3) is 10.0 Å². The van der Waals surface area contributed by atoms with Crippen LogP contribution in [-0.4, -0.2) is 42.0 Å². The summed E-state index contributed by atoms with van der Waals surface area (Å²) in [5.41, 5.74) is 1.09. The van der Waals surface area contributed by atoms with Crippen LogP contribution in [0.1, 0.15) is 21.5 Å². The molecule has 9 nitrogen and oxygen atoms in total. The summed E-state index contributed by atoms with van der Waals surface area (Å²) in [4.78, 5) is 11.0. The second-order valence-electron chi connectivity index (χ2n) is 5.99. The second kappa shape index (κ2) is 7.78. The number of rotatable bonds is 7. The number of nitrogens with one attached hydrogen (secondary N) is 3. The van der Waals surface area contributed by atoms with Gasteiger partial charge in [-0.3, -0.25) is 4.72 Å². The molecule has 0 heterocycles. The van der Waals surface area contributed by atoms with Crippen LogP contribution in [0.5, 0.6) is 0 Å². The molecule has 0 unspecified atom stereocenters. The first-order valence-corrected chi connectivity index (χ1v) is 11.0. The van der Waals surface area contributed by atoms with E-state index >= 15 is 0 Å². The Bertz CT molecular complexity index is 1140. The van der Waals surface area contributed by atoms with Crippen LogP contribution in [0.15, 0.2) is 40.1 Å². The van der Waals surface area contributed by atoms with Crippen LogP contribution < -0.4 is 14.8 Å². The third-order valence-electron chi connectivity index (χ3n) is 4.24. The van der Waals surface area contributed by atoms with E-state index in [4.69, 9.17) is 0 Å². The summed E-state index contributed by atoms with van der Waals surface area (Å²) in [6.07, 6.45) is 0. The van der Waals surface area contributed by atoms with Gasteiger partial charge in [0.2, 0.25) is 10.0 Å². The Morgan fingerprint density at radius 2 is 1.57 bits per heavy atom. The molecule has 0 aliphatic rings. The first-order chi connectivity index (χ1) is 12.9. The fraction of sp³-hybridized carbons (Fsp3) is 0.235. The molecule has 2 aromatic carbocycles. The average molecular weight is 428 g/mol. The molecule has 28 heavy (non-hydrogen) atoms. The van der Waals surface area contributed by atoms with E-state index in [1.165, 1.54) is 31.3 Å². The zero-order chi connectivity index (χ0) is 21.3. The molecule has 4 N–H and O–H groups in total. The van der Waals surface area contributed by atoms with Crippen molar-refractivity contribution in [1.29, 1.82) is 0 Å². The van der Waals surface area contributed by atoms with Crippen LogP contribution in [0.4, 0.5) is 11.4 Å². The normalized spacial score (nSPS) is 11.9. The molecule has 152 valence electrons. The van der Waals surface area contributed by atoms with Crippen molar-refractivity contribution in [1.82, 2.24) is 4.72 Å². The molecule has 0 aliphatic carbocycles. The van der Waals surface area contributed by atoms with Crippen molar-refractivity contribution in [2.75, 3.05) is 24.1 Å². The van der Waals surface area contributed by atoms with E-state index in [1.54, 1.807) is 20.9 Å². The molecule has 0 spiro atoms. The Hall–Kier alpha value is -2.63. The highest BCUT2D eigenvalue weighted by Gasteiger charge is 2.23. The van der Waals surface area contributed by atoms with Crippen molar-refractivity contribution < 1.29 is 26.7 Å². The van der Waals surface area contributed by atoms with Gasteiger partial charge in [-0.25, -0.2) is 26.4 Å². The largest absolute Gasteiger partial charge is 0.478 e. The topological polar surface area (TPSA) is 142 Å². The number of hydrogen-bond donors (Lipinski definition) is 4. The maximum atomic E-state index is 13.0.